The number of hydrogen-bond donors (Lipinski definition) is 0. The third kappa shape index (κ3) is 3.45. The van der Waals surface area contributed by atoms with Crippen LogP contribution in [-0.4, -0.2) is 32.1 Å². The van der Waals surface area contributed by atoms with E-state index < -0.39 is 0 Å². The second-order valence-corrected chi connectivity index (χ2v) is 7.13. The van der Waals surface area contributed by atoms with E-state index in [9.17, 15) is 4.79 Å². The number of nitrogens with zero attached hydrogens (tertiary/aromatic N) is 4. The van der Waals surface area contributed by atoms with E-state index in [4.69, 9.17) is 4.42 Å². The average molecular weight is 384 g/mol. The third-order valence-electron chi connectivity index (χ3n) is 5.28. The molecule has 1 amide bonds. The molecule has 0 radical (unpaired) electrons. The van der Waals surface area contributed by atoms with Gasteiger partial charge in [0.2, 0.25) is 11.8 Å². The molecule has 2 aromatic carbocycles. The summed E-state index contributed by atoms with van der Waals surface area (Å²) in [6.45, 7) is 1.64. The van der Waals surface area contributed by atoms with E-state index in [0.717, 1.165) is 24.2 Å². The van der Waals surface area contributed by atoms with Crippen LogP contribution in [0.3, 0.4) is 0 Å². The van der Waals surface area contributed by atoms with Gasteiger partial charge >= 0.3 is 0 Å². The first-order chi connectivity index (χ1) is 14.3. The molecule has 0 saturated carbocycles. The number of amides is 1. The largest absolute Gasteiger partial charge is 0.415 e. The van der Waals surface area contributed by atoms with Crippen molar-refractivity contribution in [3.8, 4) is 23.0 Å². The maximum atomic E-state index is 12.9. The van der Waals surface area contributed by atoms with Crippen LogP contribution in [0, 0.1) is 0 Å². The summed E-state index contributed by atoms with van der Waals surface area (Å²) in [6.07, 6.45) is 2.77. The molecular weight excluding hydrogens is 364 g/mol. The van der Waals surface area contributed by atoms with Crippen molar-refractivity contribution in [1.82, 2.24) is 19.7 Å². The Morgan fingerprint density at radius 2 is 1.66 bits per heavy atom. The van der Waals surface area contributed by atoms with E-state index in [-0.39, 0.29) is 12.5 Å². The normalized spacial score (nSPS) is 13.3. The molecule has 4 aromatic rings. The first kappa shape index (κ1) is 17.4. The van der Waals surface area contributed by atoms with Gasteiger partial charge in [-0.15, -0.1) is 10.2 Å². The zero-order chi connectivity index (χ0) is 19.6. The van der Waals surface area contributed by atoms with Gasteiger partial charge in [0.05, 0.1) is 0 Å². The second-order valence-electron chi connectivity index (χ2n) is 7.13. The molecule has 0 saturated heterocycles. The zero-order valence-corrected chi connectivity index (χ0v) is 15.9. The fourth-order valence-electron chi connectivity index (χ4n) is 3.72. The molecule has 2 aromatic heterocycles. The lowest BCUT2D eigenvalue weighted by molar-refractivity contribution is -0.132. The van der Waals surface area contributed by atoms with E-state index in [1.165, 1.54) is 11.1 Å². The van der Waals surface area contributed by atoms with Gasteiger partial charge in [0.25, 0.3) is 5.89 Å². The van der Waals surface area contributed by atoms with E-state index in [2.05, 4.69) is 28.4 Å². The molecule has 144 valence electrons. The Bertz CT molecular complexity index is 1150. The topological polar surface area (TPSA) is 64.2 Å². The number of rotatable bonds is 4. The van der Waals surface area contributed by atoms with Gasteiger partial charge in [0.15, 0.2) is 0 Å². The Hall–Kier alpha value is -3.67. The van der Waals surface area contributed by atoms with Gasteiger partial charge in [0, 0.05) is 24.8 Å². The highest BCUT2D eigenvalue weighted by Gasteiger charge is 2.22. The van der Waals surface area contributed by atoms with Crippen molar-refractivity contribution in [2.24, 2.45) is 0 Å². The van der Waals surface area contributed by atoms with E-state index in [1.807, 2.05) is 64.2 Å². The van der Waals surface area contributed by atoms with Crippen molar-refractivity contribution in [1.29, 1.82) is 0 Å². The number of hydrogen-bond acceptors (Lipinski definition) is 4. The lowest BCUT2D eigenvalue weighted by Crippen LogP contribution is -2.38. The molecule has 1 aliphatic rings. The zero-order valence-electron chi connectivity index (χ0n) is 15.9. The lowest BCUT2D eigenvalue weighted by Gasteiger charge is -2.29. The second kappa shape index (κ2) is 7.39. The van der Waals surface area contributed by atoms with Gasteiger partial charge in [-0.05, 0) is 41.8 Å². The molecule has 0 fully saturated rings. The fourth-order valence-corrected chi connectivity index (χ4v) is 3.72. The fraction of sp³-hybridized carbons (Fsp3) is 0.174. The van der Waals surface area contributed by atoms with E-state index >= 15 is 0 Å². The molecule has 0 bridgehead atoms. The van der Waals surface area contributed by atoms with Crippen molar-refractivity contribution in [3.63, 3.8) is 0 Å². The Morgan fingerprint density at radius 3 is 2.52 bits per heavy atom. The molecule has 6 heteroatoms. The summed E-state index contributed by atoms with van der Waals surface area (Å²) in [5, 5.41) is 8.34. The maximum Gasteiger partial charge on any atom is 0.264 e. The van der Waals surface area contributed by atoms with Crippen molar-refractivity contribution in [2.75, 3.05) is 6.54 Å². The third-order valence-corrected chi connectivity index (χ3v) is 5.28. The van der Waals surface area contributed by atoms with Crippen LogP contribution in [0.1, 0.15) is 11.1 Å². The van der Waals surface area contributed by atoms with Gasteiger partial charge < -0.3 is 13.9 Å². The predicted molar refractivity (Wildman–Crippen MR) is 109 cm³/mol. The Balaban J connectivity index is 1.34. The molecule has 0 atom stereocenters. The monoisotopic (exact) mass is 384 g/mol. The Kier molecular flexibility index (Phi) is 4.44. The summed E-state index contributed by atoms with van der Waals surface area (Å²) < 4.78 is 7.73. The van der Waals surface area contributed by atoms with Gasteiger partial charge in [-0.3, -0.25) is 4.79 Å². The highest BCUT2D eigenvalue weighted by molar-refractivity contribution is 5.77. The molecule has 0 aliphatic carbocycles. The van der Waals surface area contributed by atoms with Gasteiger partial charge in [-0.25, -0.2) is 0 Å². The predicted octanol–water partition coefficient (Wildman–Crippen LogP) is 3.79. The Morgan fingerprint density at radius 1 is 0.897 bits per heavy atom. The van der Waals surface area contributed by atoms with Crippen LogP contribution in [0.15, 0.2) is 77.3 Å². The van der Waals surface area contributed by atoms with Crippen molar-refractivity contribution in [2.45, 2.75) is 19.5 Å². The first-order valence-corrected chi connectivity index (χ1v) is 9.67. The van der Waals surface area contributed by atoms with Crippen LogP contribution >= 0.6 is 0 Å². The molecule has 1 aliphatic heterocycles. The summed E-state index contributed by atoms with van der Waals surface area (Å²) in [5.74, 6) is 0.956. The molecule has 0 N–H and O–H groups in total. The van der Waals surface area contributed by atoms with Crippen LogP contribution in [-0.2, 0) is 24.3 Å². The van der Waals surface area contributed by atoms with Crippen molar-refractivity contribution >= 4 is 5.91 Å². The molecule has 6 nitrogen and oxygen atoms in total. The number of aromatic nitrogens is 3. The summed E-state index contributed by atoms with van der Waals surface area (Å²) in [7, 11) is 0. The maximum absolute atomic E-state index is 12.9. The summed E-state index contributed by atoms with van der Waals surface area (Å²) in [6, 6.07) is 21.7. The van der Waals surface area contributed by atoms with Gasteiger partial charge in [-0.1, -0.05) is 42.5 Å². The van der Waals surface area contributed by atoms with Gasteiger partial charge in [0.1, 0.15) is 12.2 Å². The standard InChI is InChI=1S/C23H20N4O2/c28-21(27-14-12-17-7-4-5-10-19(17)15-27)16-26-13-6-11-20(26)23-25-24-22(29-23)18-8-2-1-3-9-18/h1-11,13H,12,14-16H2. The first-order valence-electron chi connectivity index (χ1n) is 9.67. The van der Waals surface area contributed by atoms with Crippen molar-refractivity contribution < 1.29 is 9.21 Å². The highest BCUT2D eigenvalue weighted by Crippen LogP contribution is 2.25. The SMILES string of the molecule is O=C(Cn1cccc1-c1nnc(-c2ccccc2)o1)N1CCc2ccccc2C1. The molecule has 3 heterocycles. The number of carbonyl (C=O) groups excluding carboxylic acids is 1. The van der Waals surface area contributed by atoms with Crippen LogP contribution in [0.25, 0.3) is 23.0 Å². The van der Waals surface area contributed by atoms with E-state index in [0.29, 0.717) is 18.3 Å². The lowest BCUT2D eigenvalue weighted by atomic mass is 10.00. The summed E-state index contributed by atoms with van der Waals surface area (Å²) in [5.41, 5.74) is 4.17. The van der Waals surface area contributed by atoms with Crippen LogP contribution < -0.4 is 0 Å². The molecule has 0 unspecified atom stereocenters. The quantitative estimate of drug-likeness (QED) is 0.537. The highest BCUT2D eigenvalue weighted by atomic mass is 16.4. The average Bonchev–Trinajstić information content (AvgIpc) is 3.43. The van der Waals surface area contributed by atoms with Crippen LogP contribution in [0.2, 0.25) is 0 Å². The van der Waals surface area contributed by atoms with Crippen LogP contribution in [0.5, 0.6) is 0 Å². The number of benzene rings is 2. The molecule has 5 rings (SSSR count). The molecular formula is C23H20N4O2. The smallest absolute Gasteiger partial charge is 0.264 e. The summed E-state index contributed by atoms with van der Waals surface area (Å²) in [4.78, 5) is 14.8. The molecule has 0 spiro atoms. The minimum atomic E-state index is 0.0831. The van der Waals surface area contributed by atoms with Crippen LogP contribution in [0.4, 0.5) is 0 Å². The van der Waals surface area contributed by atoms with Gasteiger partial charge in [-0.2, -0.15) is 0 Å². The minimum absolute atomic E-state index is 0.0831. The molecule has 29 heavy (non-hydrogen) atoms. The number of carbonyl (C=O) groups is 1. The Labute approximate surface area is 168 Å². The minimum Gasteiger partial charge on any atom is -0.415 e. The van der Waals surface area contributed by atoms with Crippen molar-refractivity contribution in [3.05, 3.63) is 84.1 Å². The summed E-state index contributed by atoms with van der Waals surface area (Å²) >= 11 is 0. The number of fused-ring (bicyclic) bond motifs is 1. The van der Waals surface area contributed by atoms with E-state index in [1.54, 1.807) is 0 Å².